The fraction of sp³-hybridized carbons (Fsp3) is 0.111. The Balaban J connectivity index is 1.93. The van der Waals surface area contributed by atoms with Gasteiger partial charge in [-0.05, 0) is 59.0 Å². The zero-order valence-corrected chi connectivity index (χ0v) is 16.1. The Bertz CT molecular complexity index is 974. The number of halogens is 4. The van der Waals surface area contributed by atoms with E-state index in [4.69, 9.17) is 0 Å². The quantitative estimate of drug-likeness (QED) is 0.394. The molecular weight excluding hydrogens is 490 g/mol. The van der Waals surface area contributed by atoms with Gasteiger partial charge in [-0.2, -0.15) is 13.2 Å². The number of alkyl halides is 3. The number of urea groups is 1. The van der Waals surface area contributed by atoms with Crippen molar-refractivity contribution in [3.8, 4) is 0 Å². The van der Waals surface area contributed by atoms with E-state index in [0.717, 1.165) is 26.8 Å². The maximum Gasteiger partial charge on any atom is 0.418 e. The first-order valence-corrected chi connectivity index (χ1v) is 8.91. The van der Waals surface area contributed by atoms with E-state index in [9.17, 15) is 27.6 Å². The molecule has 0 bridgehead atoms. The van der Waals surface area contributed by atoms with Gasteiger partial charge in [0, 0.05) is 9.78 Å². The van der Waals surface area contributed by atoms with Crippen molar-refractivity contribution in [1.82, 2.24) is 5.32 Å². The van der Waals surface area contributed by atoms with Crippen molar-refractivity contribution in [3.63, 3.8) is 0 Å². The molecule has 1 saturated heterocycles. The Kier molecular flexibility index (Phi) is 5.49. The standard InChI is InChI=1S/C18H11F3IN3O3/c19-18(20,21)13-3-1-2-4-14(13)23-9-12-15(26)24-17(28)25(16(12)27)11-7-5-10(22)6-8-11/h1-9,12H,(H,24,26,28)/t12-/m0/s1. The van der Waals surface area contributed by atoms with E-state index in [1.165, 1.54) is 24.3 Å². The van der Waals surface area contributed by atoms with Crippen molar-refractivity contribution in [2.45, 2.75) is 6.18 Å². The third-order valence-corrected chi connectivity index (χ3v) is 4.58. The van der Waals surface area contributed by atoms with Crippen LogP contribution in [0.1, 0.15) is 5.56 Å². The maximum absolute atomic E-state index is 13.1. The summed E-state index contributed by atoms with van der Waals surface area (Å²) in [5.74, 6) is -3.40. The summed E-state index contributed by atoms with van der Waals surface area (Å²) in [6, 6.07) is 9.94. The van der Waals surface area contributed by atoms with Crippen LogP contribution in [-0.2, 0) is 15.8 Å². The van der Waals surface area contributed by atoms with Gasteiger partial charge < -0.3 is 0 Å². The second-order valence-corrected chi connectivity index (χ2v) is 6.96. The van der Waals surface area contributed by atoms with Crippen molar-refractivity contribution in [2.75, 3.05) is 4.90 Å². The van der Waals surface area contributed by atoms with E-state index in [-0.39, 0.29) is 5.69 Å². The fourth-order valence-corrected chi connectivity index (χ4v) is 2.90. The van der Waals surface area contributed by atoms with E-state index in [0.29, 0.717) is 0 Å². The number of benzene rings is 2. The molecule has 6 nitrogen and oxygen atoms in total. The highest BCUT2D eigenvalue weighted by Gasteiger charge is 2.40. The van der Waals surface area contributed by atoms with E-state index in [1.54, 1.807) is 12.1 Å². The molecular formula is C18H11F3IN3O3. The van der Waals surface area contributed by atoms with Gasteiger partial charge in [0.25, 0.3) is 5.91 Å². The zero-order valence-electron chi connectivity index (χ0n) is 13.9. The molecule has 1 fully saturated rings. The summed E-state index contributed by atoms with van der Waals surface area (Å²) >= 11 is 2.04. The number of hydrogen-bond donors (Lipinski definition) is 1. The first kappa shape index (κ1) is 20.0. The molecule has 1 aliphatic rings. The van der Waals surface area contributed by atoms with Crippen molar-refractivity contribution in [2.24, 2.45) is 10.9 Å². The molecule has 0 aliphatic carbocycles. The molecule has 3 rings (SSSR count). The molecule has 0 spiro atoms. The molecule has 1 heterocycles. The maximum atomic E-state index is 13.1. The number of nitrogens with zero attached hydrogens (tertiary/aromatic N) is 2. The molecule has 0 aromatic heterocycles. The van der Waals surface area contributed by atoms with Crippen LogP contribution in [0.3, 0.4) is 0 Å². The molecule has 144 valence electrons. The Morgan fingerprint density at radius 2 is 1.68 bits per heavy atom. The number of nitrogens with one attached hydrogen (secondary N) is 1. The monoisotopic (exact) mass is 501 g/mol. The van der Waals surface area contributed by atoms with E-state index < -0.39 is 41.2 Å². The highest BCUT2D eigenvalue weighted by atomic mass is 127. The van der Waals surface area contributed by atoms with Crippen molar-refractivity contribution in [1.29, 1.82) is 0 Å². The molecule has 28 heavy (non-hydrogen) atoms. The van der Waals surface area contributed by atoms with Crippen molar-refractivity contribution in [3.05, 3.63) is 57.7 Å². The summed E-state index contributed by atoms with van der Waals surface area (Å²) in [6.07, 6.45) is -3.83. The molecule has 1 atom stereocenters. The number of aliphatic imine (C=N–C) groups is 1. The van der Waals surface area contributed by atoms with Gasteiger partial charge in [0.2, 0.25) is 5.91 Å². The average Bonchev–Trinajstić information content (AvgIpc) is 2.62. The number of imide groups is 2. The molecule has 2 aromatic rings. The lowest BCUT2D eigenvalue weighted by Gasteiger charge is -2.28. The van der Waals surface area contributed by atoms with Crippen LogP contribution in [0.25, 0.3) is 0 Å². The molecule has 4 amide bonds. The van der Waals surface area contributed by atoms with Gasteiger partial charge in [-0.25, -0.2) is 9.69 Å². The van der Waals surface area contributed by atoms with Gasteiger partial charge in [0.1, 0.15) is 0 Å². The number of para-hydroxylation sites is 1. The van der Waals surface area contributed by atoms with E-state index in [1.807, 2.05) is 27.9 Å². The molecule has 2 aromatic carbocycles. The number of hydrogen-bond acceptors (Lipinski definition) is 4. The van der Waals surface area contributed by atoms with Gasteiger partial charge in [-0.3, -0.25) is 19.9 Å². The van der Waals surface area contributed by atoms with Gasteiger partial charge in [0.15, 0.2) is 5.92 Å². The SMILES string of the molecule is O=C1NC(=O)N(c2ccc(I)cc2)C(=O)[C@H]1C=Nc1ccccc1C(F)(F)F. The summed E-state index contributed by atoms with van der Waals surface area (Å²) in [6.45, 7) is 0. The van der Waals surface area contributed by atoms with Crippen molar-refractivity contribution >= 4 is 58.0 Å². The zero-order chi connectivity index (χ0) is 20.5. The summed E-state index contributed by atoms with van der Waals surface area (Å²) in [5, 5.41) is 2.02. The van der Waals surface area contributed by atoms with Crippen LogP contribution < -0.4 is 10.2 Å². The normalized spacial score (nSPS) is 17.9. The van der Waals surface area contributed by atoms with Crippen LogP contribution in [0.4, 0.5) is 29.3 Å². The predicted octanol–water partition coefficient (Wildman–Crippen LogP) is 3.91. The number of barbiturate groups is 1. The average molecular weight is 501 g/mol. The molecule has 0 radical (unpaired) electrons. The smallest absolute Gasteiger partial charge is 0.276 e. The Morgan fingerprint density at radius 1 is 1.04 bits per heavy atom. The van der Waals surface area contributed by atoms with Crippen molar-refractivity contribution < 1.29 is 27.6 Å². The minimum atomic E-state index is -4.64. The Morgan fingerprint density at radius 3 is 2.32 bits per heavy atom. The summed E-state index contributed by atoms with van der Waals surface area (Å²) < 4.78 is 40.0. The van der Waals surface area contributed by atoms with Crippen LogP contribution in [0.15, 0.2) is 53.5 Å². The summed E-state index contributed by atoms with van der Waals surface area (Å²) in [5.41, 5.74) is -1.21. The highest BCUT2D eigenvalue weighted by molar-refractivity contribution is 14.1. The lowest BCUT2D eigenvalue weighted by Crippen LogP contribution is -2.58. The predicted molar refractivity (Wildman–Crippen MR) is 103 cm³/mol. The number of carbonyl (C=O) groups excluding carboxylic acids is 3. The second-order valence-electron chi connectivity index (χ2n) is 5.72. The van der Waals surface area contributed by atoms with Crippen LogP contribution in [0.2, 0.25) is 0 Å². The summed E-state index contributed by atoms with van der Waals surface area (Å²) in [7, 11) is 0. The van der Waals surface area contributed by atoms with Crippen LogP contribution in [-0.4, -0.2) is 24.1 Å². The topological polar surface area (TPSA) is 78.8 Å². The van der Waals surface area contributed by atoms with Gasteiger partial charge in [-0.15, -0.1) is 0 Å². The lowest BCUT2D eigenvalue weighted by atomic mass is 10.1. The van der Waals surface area contributed by atoms with Crippen LogP contribution in [0, 0.1) is 9.49 Å². The molecule has 0 unspecified atom stereocenters. The third kappa shape index (κ3) is 4.06. The molecule has 10 heteroatoms. The number of rotatable bonds is 3. The Labute approximate surface area is 170 Å². The molecule has 1 N–H and O–H groups in total. The lowest BCUT2D eigenvalue weighted by molar-refractivity contribution is -0.137. The third-order valence-electron chi connectivity index (χ3n) is 3.86. The van der Waals surface area contributed by atoms with E-state index in [2.05, 4.69) is 4.99 Å². The Hall–Kier alpha value is -2.76. The second kappa shape index (κ2) is 7.70. The molecule has 0 saturated carbocycles. The number of anilines is 1. The van der Waals surface area contributed by atoms with Gasteiger partial charge in [-0.1, -0.05) is 12.1 Å². The summed E-state index contributed by atoms with van der Waals surface area (Å²) in [4.78, 5) is 41.3. The van der Waals surface area contributed by atoms with Gasteiger partial charge >= 0.3 is 12.2 Å². The van der Waals surface area contributed by atoms with E-state index >= 15 is 0 Å². The number of carbonyl (C=O) groups is 3. The largest absolute Gasteiger partial charge is 0.418 e. The minimum Gasteiger partial charge on any atom is -0.276 e. The van der Waals surface area contributed by atoms with Gasteiger partial charge in [0.05, 0.1) is 16.9 Å². The van der Waals surface area contributed by atoms with Crippen LogP contribution >= 0.6 is 22.6 Å². The van der Waals surface area contributed by atoms with Crippen LogP contribution in [0.5, 0.6) is 0 Å². The first-order chi connectivity index (χ1) is 13.2. The highest BCUT2D eigenvalue weighted by Crippen LogP contribution is 2.36. The first-order valence-electron chi connectivity index (χ1n) is 7.83. The minimum absolute atomic E-state index is 0.226. The molecule has 1 aliphatic heterocycles. The number of amides is 4. The fourth-order valence-electron chi connectivity index (χ4n) is 2.54.